The highest BCUT2D eigenvalue weighted by Gasteiger charge is 2.26. The third-order valence-corrected chi connectivity index (χ3v) is 7.53. The number of aromatic nitrogens is 3. The molecule has 1 fully saturated rings. The Hall–Kier alpha value is -4.40. The van der Waals surface area contributed by atoms with E-state index in [4.69, 9.17) is 9.72 Å². The van der Waals surface area contributed by atoms with Crippen molar-refractivity contribution in [1.29, 1.82) is 0 Å². The number of hydrogen-bond acceptors (Lipinski definition) is 7. The van der Waals surface area contributed by atoms with Crippen molar-refractivity contribution in [3.63, 3.8) is 0 Å². The predicted octanol–water partition coefficient (Wildman–Crippen LogP) is 7.24. The molecule has 0 N–H and O–H groups in total. The number of fused-ring (bicyclic) bond motifs is 1. The first kappa shape index (κ1) is 33.5. The van der Waals surface area contributed by atoms with Gasteiger partial charge in [-0.05, 0) is 104 Å². The standard InChI is InChI=1S/C31H37N5O2.C5H10O2/c1-20-16-24(17-21(2)33-20)25-18-27-28(32-19-25)22(3)29(34(27)7)23-8-10-26(11-9-23)35-12-14-36(15-13-35)30(37)38-31(4,5)6;1-5(2,3)7-4-6/h8-11,16-19H,12-15H2,1-7H3;4H,1-3H3. The average Bonchev–Trinajstić information content (AvgIpc) is 3.20. The van der Waals surface area contributed by atoms with Gasteiger partial charge >= 0.3 is 6.09 Å². The fourth-order valence-corrected chi connectivity index (χ4v) is 5.50. The Kier molecular flexibility index (Phi) is 9.90. The van der Waals surface area contributed by atoms with Gasteiger partial charge in [-0.3, -0.25) is 14.8 Å². The van der Waals surface area contributed by atoms with Crippen LogP contribution in [0.1, 0.15) is 58.5 Å². The van der Waals surface area contributed by atoms with Crippen LogP contribution >= 0.6 is 0 Å². The first-order chi connectivity index (χ1) is 21.1. The molecule has 240 valence electrons. The van der Waals surface area contributed by atoms with E-state index >= 15 is 0 Å². The van der Waals surface area contributed by atoms with E-state index in [9.17, 15) is 9.59 Å². The first-order valence-electron chi connectivity index (χ1n) is 15.4. The van der Waals surface area contributed by atoms with E-state index in [-0.39, 0.29) is 11.7 Å². The van der Waals surface area contributed by atoms with E-state index in [1.165, 1.54) is 11.3 Å². The van der Waals surface area contributed by atoms with Crippen LogP contribution in [0.15, 0.2) is 48.7 Å². The van der Waals surface area contributed by atoms with E-state index in [0.29, 0.717) is 19.6 Å². The molecule has 4 heterocycles. The van der Waals surface area contributed by atoms with Crippen molar-refractivity contribution in [2.75, 3.05) is 31.1 Å². The molecule has 1 aromatic carbocycles. The lowest BCUT2D eigenvalue weighted by atomic mass is 10.1. The highest BCUT2D eigenvalue weighted by Crippen LogP contribution is 2.34. The molecule has 0 saturated carbocycles. The lowest BCUT2D eigenvalue weighted by Crippen LogP contribution is -2.50. The van der Waals surface area contributed by atoms with E-state index in [2.05, 4.69) is 75.6 Å². The van der Waals surface area contributed by atoms with E-state index in [1.54, 1.807) is 4.90 Å². The molecule has 1 aliphatic rings. The van der Waals surface area contributed by atoms with Crippen LogP contribution in [0.4, 0.5) is 10.5 Å². The minimum atomic E-state index is -0.474. The van der Waals surface area contributed by atoms with Gasteiger partial charge in [0.25, 0.3) is 6.47 Å². The van der Waals surface area contributed by atoms with Gasteiger partial charge in [0.05, 0.1) is 16.7 Å². The fourth-order valence-electron chi connectivity index (χ4n) is 5.50. The molecule has 0 unspecified atom stereocenters. The van der Waals surface area contributed by atoms with Gasteiger partial charge in [0.15, 0.2) is 0 Å². The summed E-state index contributed by atoms with van der Waals surface area (Å²) >= 11 is 0. The molecule has 45 heavy (non-hydrogen) atoms. The molecule has 0 aliphatic carbocycles. The number of nitrogens with zero attached hydrogens (tertiary/aromatic N) is 5. The second-order valence-electron chi connectivity index (χ2n) is 13.6. The van der Waals surface area contributed by atoms with Crippen LogP contribution in [0.3, 0.4) is 0 Å². The number of piperazine rings is 1. The number of rotatable bonds is 4. The number of pyridine rings is 2. The molecule has 1 amide bonds. The molecule has 4 aromatic rings. The third kappa shape index (κ3) is 8.41. The number of aryl methyl sites for hydroxylation is 4. The highest BCUT2D eigenvalue weighted by atomic mass is 16.6. The maximum absolute atomic E-state index is 12.4. The summed E-state index contributed by atoms with van der Waals surface area (Å²) in [5.41, 5.74) is 10.3. The highest BCUT2D eigenvalue weighted by molar-refractivity contribution is 5.91. The Labute approximate surface area is 267 Å². The van der Waals surface area contributed by atoms with E-state index < -0.39 is 5.60 Å². The van der Waals surface area contributed by atoms with Gasteiger partial charge in [-0.25, -0.2) is 4.79 Å². The molecule has 0 spiro atoms. The zero-order valence-electron chi connectivity index (χ0n) is 28.4. The second-order valence-corrected chi connectivity index (χ2v) is 13.6. The number of hydrogen-bond donors (Lipinski definition) is 0. The van der Waals surface area contributed by atoms with Crippen LogP contribution < -0.4 is 4.90 Å². The molecular weight excluding hydrogens is 566 g/mol. The number of anilines is 1. The molecule has 5 rings (SSSR count). The van der Waals surface area contributed by atoms with Gasteiger partial charge in [-0.15, -0.1) is 0 Å². The minimum Gasteiger partial charge on any atom is -0.462 e. The summed E-state index contributed by atoms with van der Waals surface area (Å²) in [6.07, 6.45) is 1.73. The van der Waals surface area contributed by atoms with Crippen molar-refractivity contribution in [1.82, 2.24) is 19.4 Å². The molecule has 0 atom stereocenters. The summed E-state index contributed by atoms with van der Waals surface area (Å²) in [6, 6.07) is 15.2. The molecule has 0 bridgehead atoms. The summed E-state index contributed by atoms with van der Waals surface area (Å²) in [7, 11) is 2.11. The predicted molar refractivity (Wildman–Crippen MR) is 181 cm³/mol. The quantitative estimate of drug-likeness (QED) is 0.224. The van der Waals surface area contributed by atoms with Crippen molar-refractivity contribution in [2.45, 2.75) is 73.5 Å². The molecule has 0 radical (unpaired) electrons. The average molecular weight is 614 g/mol. The van der Waals surface area contributed by atoms with Gasteiger partial charge in [-0.1, -0.05) is 12.1 Å². The van der Waals surface area contributed by atoms with Crippen molar-refractivity contribution >= 4 is 29.3 Å². The van der Waals surface area contributed by atoms with Crippen molar-refractivity contribution in [2.24, 2.45) is 7.05 Å². The molecule has 9 heteroatoms. The number of carbonyl (C=O) groups is 2. The number of ether oxygens (including phenoxy) is 2. The zero-order valence-corrected chi connectivity index (χ0v) is 28.4. The van der Waals surface area contributed by atoms with Crippen LogP contribution in [-0.2, 0) is 21.3 Å². The summed E-state index contributed by atoms with van der Waals surface area (Å²) < 4.78 is 12.3. The zero-order chi connectivity index (χ0) is 33.1. The van der Waals surface area contributed by atoms with Crippen LogP contribution in [0, 0.1) is 20.8 Å². The van der Waals surface area contributed by atoms with Gasteiger partial charge in [0, 0.05) is 67.6 Å². The van der Waals surface area contributed by atoms with Crippen LogP contribution in [-0.4, -0.2) is 69.4 Å². The minimum absolute atomic E-state index is 0.232. The van der Waals surface area contributed by atoms with Crippen molar-refractivity contribution in [3.05, 3.63) is 65.6 Å². The Balaban J connectivity index is 0.000000591. The van der Waals surface area contributed by atoms with E-state index in [0.717, 1.165) is 57.9 Å². The monoisotopic (exact) mass is 613 g/mol. The number of amides is 1. The normalized spacial score (nSPS) is 13.7. The van der Waals surface area contributed by atoms with Gasteiger partial charge in [0.2, 0.25) is 0 Å². The largest absolute Gasteiger partial charge is 0.462 e. The lowest BCUT2D eigenvalue weighted by molar-refractivity contribution is -0.138. The Morgan fingerprint density at radius 2 is 1.42 bits per heavy atom. The molecular formula is C36H47N5O4. The Morgan fingerprint density at radius 1 is 0.822 bits per heavy atom. The Bertz CT molecular complexity index is 1630. The summed E-state index contributed by atoms with van der Waals surface area (Å²) in [4.78, 5) is 35.5. The van der Waals surface area contributed by atoms with Gasteiger partial charge in [0.1, 0.15) is 11.2 Å². The summed E-state index contributed by atoms with van der Waals surface area (Å²) in [5, 5.41) is 0. The van der Waals surface area contributed by atoms with Gasteiger partial charge in [-0.2, -0.15) is 0 Å². The Morgan fingerprint density at radius 3 is 1.93 bits per heavy atom. The molecule has 9 nitrogen and oxygen atoms in total. The molecule has 3 aromatic heterocycles. The number of carbonyl (C=O) groups excluding carboxylic acids is 2. The lowest BCUT2D eigenvalue weighted by Gasteiger charge is -2.36. The second kappa shape index (κ2) is 13.3. The SMILES string of the molecule is CC(C)(C)OC=O.Cc1cc(-c2cnc3c(C)c(-c4ccc(N5CCN(C(=O)OC(C)(C)C)CC5)cc4)n(C)c3c2)cc(C)n1. The van der Waals surface area contributed by atoms with E-state index in [1.807, 2.05) is 61.6 Å². The maximum atomic E-state index is 12.4. The van der Waals surface area contributed by atoms with Crippen molar-refractivity contribution < 1.29 is 19.1 Å². The van der Waals surface area contributed by atoms with Crippen LogP contribution in [0.5, 0.6) is 0 Å². The topological polar surface area (TPSA) is 89.8 Å². The smallest absolute Gasteiger partial charge is 0.410 e. The first-order valence-corrected chi connectivity index (χ1v) is 15.4. The fraction of sp³-hybridized carbons (Fsp3) is 0.444. The van der Waals surface area contributed by atoms with Crippen LogP contribution in [0.2, 0.25) is 0 Å². The molecule has 1 aliphatic heterocycles. The van der Waals surface area contributed by atoms with Gasteiger partial charge < -0.3 is 23.8 Å². The summed E-state index contributed by atoms with van der Waals surface area (Å²) in [6.45, 7) is 20.7. The van der Waals surface area contributed by atoms with Crippen LogP contribution in [0.25, 0.3) is 33.4 Å². The molecule has 1 saturated heterocycles. The van der Waals surface area contributed by atoms with Crippen molar-refractivity contribution in [3.8, 4) is 22.4 Å². The maximum Gasteiger partial charge on any atom is 0.410 e. The number of benzene rings is 1. The summed E-state index contributed by atoms with van der Waals surface area (Å²) in [5.74, 6) is 0. The third-order valence-electron chi connectivity index (χ3n) is 7.53.